The van der Waals surface area contributed by atoms with E-state index in [9.17, 15) is 4.79 Å². The molecule has 0 radical (unpaired) electrons. The lowest BCUT2D eigenvalue weighted by Crippen LogP contribution is -2.45. The van der Waals surface area contributed by atoms with Crippen LogP contribution in [-0.2, 0) is 4.79 Å². The van der Waals surface area contributed by atoms with E-state index >= 15 is 0 Å². The lowest BCUT2D eigenvalue weighted by atomic mass is 10.1. The quantitative estimate of drug-likeness (QED) is 0.901. The van der Waals surface area contributed by atoms with Crippen LogP contribution < -0.4 is 11.1 Å². The molecule has 1 fully saturated rings. The number of halogens is 2. The van der Waals surface area contributed by atoms with E-state index in [0.717, 1.165) is 31.5 Å². The van der Waals surface area contributed by atoms with Crippen LogP contribution in [0.5, 0.6) is 0 Å². The van der Waals surface area contributed by atoms with Crippen LogP contribution in [0.3, 0.4) is 0 Å². The first-order chi connectivity index (χ1) is 9.47. The number of likely N-dealkylation sites (tertiary alicyclic amines) is 1. The molecule has 0 aliphatic carbocycles. The van der Waals surface area contributed by atoms with Crippen molar-refractivity contribution in [3.05, 3.63) is 27.7 Å². The number of rotatable bonds is 3. The van der Waals surface area contributed by atoms with Crippen molar-refractivity contribution in [1.29, 1.82) is 0 Å². The van der Waals surface area contributed by atoms with Crippen molar-refractivity contribution >= 4 is 34.8 Å². The van der Waals surface area contributed by atoms with Crippen LogP contribution in [0.2, 0.25) is 10.0 Å². The van der Waals surface area contributed by atoms with E-state index in [1.807, 2.05) is 13.0 Å². The minimum atomic E-state index is -0.117. The number of piperidine rings is 1. The normalized spacial score (nSPS) is 19.9. The number of amides is 1. The summed E-state index contributed by atoms with van der Waals surface area (Å²) in [5.74, 6) is -0.117. The van der Waals surface area contributed by atoms with Crippen LogP contribution in [0.1, 0.15) is 18.4 Å². The Balaban J connectivity index is 2.00. The first-order valence-corrected chi connectivity index (χ1v) is 7.45. The molecule has 1 aliphatic heterocycles. The molecule has 1 amide bonds. The van der Waals surface area contributed by atoms with Crippen LogP contribution in [0.4, 0.5) is 5.69 Å². The van der Waals surface area contributed by atoms with Crippen LogP contribution in [0.15, 0.2) is 12.1 Å². The molecule has 0 saturated carbocycles. The van der Waals surface area contributed by atoms with Crippen molar-refractivity contribution in [3.63, 3.8) is 0 Å². The maximum Gasteiger partial charge on any atom is 0.238 e. The molecule has 20 heavy (non-hydrogen) atoms. The molecule has 1 heterocycles. The largest absolute Gasteiger partial charge is 0.327 e. The summed E-state index contributed by atoms with van der Waals surface area (Å²) in [6.45, 7) is 3.84. The average molecular weight is 316 g/mol. The molecule has 0 aromatic heterocycles. The van der Waals surface area contributed by atoms with Crippen LogP contribution in [-0.4, -0.2) is 36.5 Å². The van der Waals surface area contributed by atoms with E-state index in [0.29, 0.717) is 22.3 Å². The van der Waals surface area contributed by atoms with Crippen molar-refractivity contribution in [2.45, 2.75) is 25.8 Å². The fourth-order valence-electron chi connectivity index (χ4n) is 2.39. The Kier molecular flexibility index (Phi) is 5.27. The maximum atomic E-state index is 12.1. The lowest BCUT2D eigenvalue weighted by Gasteiger charge is -2.30. The molecule has 4 nitrogen and oxygen atoms in total. The van der Waals surface area contributed by atoms with Crippen LogP contribution in [0, 0.1) is 6.92 Å². The number of carbonyl (C=O) groups is 1. The van der Waals surface area contributed by atoms with Crippen LogP contribution in [0.25, 0.3) is 0 Å². The van der Waals surface area contributed by atoms with Gasteiger partial charge in [0, 0.05) is 12.6 Å². The average Bonchev–Trinajstić information content (AvgIpc) is 2.39. The van der Waals surface area contributed by atoms with Gasteiger partial charge in [0.1, 0.15) is 0 Å². The zero-order chi connectivity index (χ0) is 14.7. The molecule has 1 saturated heterocycles. The predicted octanol–water partition coefficient (Wildman–Crippen LogP) is 2.66. The Hall–Kier alpha value is -0.810. The summed E-state index contributed by atoms with van der Waals surface area (Å²) in [6.07, 6.45) is 2.05. The Morgan fingerprint density at radius 3 is 2.95 bits per heavy atom. The molecule has 1 unspecified atom stereocenters. The molecule has 2 rings (SSSR count). The maximum absolute atomic E-state index is 12.1. The van der Waals surface area contributed by atoms with E-state index in [4.69, 9.17) is 28.9 Å². The number of nitrogens with zero attached hydrogens (tertiary/aromatic N) is 1. The molecular formula is C14H19Cl2N3O. The number of nitrogens with two attached hydrogens (primary N) is 1. The summed E-state index contributed by atoms with van der Waals surface area (Å²) in [7, 11) is 0. The first kappa shape index (κ1) is 15.6. The highest BCUT2D eigenvalue weighted by molar-refractivity contribution is 6.40. The molecule has 1 atom stereocenters. The first-order valence-electron chi connectivity index (χ1n) is 6.69. The summed E-state index contributed by atoms with van der Waals surface area (Å²) < 4.78 is 0. The zero-order valence-corrected chi connectivity index (χ0v) is 13.0. The van der Waals surface area contributed by atoms with E-state index in [1.54, 1.807) is 6.07 Å². The highest BCUT2D eigenvalue weighted by Crippen LogP contribution is 2.32. The van der Waals surface area contributed by atoms with Crippen molar-refractivity contribution in [3.8, 4) is 0 Å². The van der Waals surface area contributed by atoms with Crippen molar-refractivity contribution in [2.75, 3.05) is 25.0 Å². The number of benzene rings is 1. The highest BCUT2D eigenvalue weighted by Gasteiger charge is 2.20. The summed E-state index contributed by atoms with van der Waals surface area (Å²) in [5.41, 5.74) is 7.27. The second-order valence-corrected chi connectivity index (χ2v) is 6.02. The minimum Gasteiger partial charge on any atom is -0.327 e. The van der Waals surface area contributed by atoms with Gasteiger partial charge in [-0.05, 0) is 37.9 Å². The Labute approximate surface area is 129 Å². The third-order valence-corrected chi connectivity index (χ3v) is 4.26. The van der Waals surface area contributed by atoms with Gasteiger partial charge in [-0.25, -0.2) is 0 Å². The third kappa shape index (κ3) is 3.85. The number of nitrogens with one attached hydrogen (secondary N) is 1. The van der Waals surface area contributed by atoms with Crippen molar-refractivity contribution in [2.24, 2.45) is 5.73 Å². The second-order valence-electron chi connectivity index (χ2n) is 5.24. The monoisotopic (exact) mass is 315 g/mol. The molecule has 0 spiro atoms. The Morgan fingerprint density at radius 1 is 1.50 bits per heavy atom. The molecule has 110 valence electrons. The standard InChI is InChI=1S/C14H19Cl2N3O/c1-9-4-5-11(15)14(13(9)16)18-12(20)8-19-6-2-3-10(17)7-19/h4-5,10H,2-3,6-8,17H2,1H3,(H,18,20). The van der Waals surface area contributed by atoms with Gasteiger partial charge in [0.05, 0.1) is 22.3 Å². The van der Waals surface area contributed by atoms with Gasteiger partial charge in [-0.2, -0.15) is 0 Å². The molecular weight excluding hydrogens is 297 g/mol. The van der Waals surface area contributed by atoms with Crippen LogP contribution >= 0.6 is 23.2 Å². The fourth-order valence-corrected chi connectivity index (χ4v) is 2.85. The van der Waals surface area contributed by atoms with Gasteiger partial charge in [-0.1, -0.05) is 29.3 Å². The SMILES string of the molecule is Cc1ccc(Cl)c(NC(=O)CN2CCCC(N)C2)c1Cl. The van der Waals surface area contributed by atoms with Gasteiger partial charge in [0.25, 0.3) is 0 Å². The minimum absolute atomic E-state index is 0.117. The van der Waals surface area contributed by atoms with E-state index in [2.05, 4.69) is 10.2 Å². The van der Waals surface area contributed by atoms with Gasteiger partial charge in [-0.3, -0.25) is 9.69 Å². The molecule has 1 aromatic carbocycles. The topological polar surface area (TPSA) is 58.4 Å². The van der Waals surface area contributed by atoms with Crippen molar-refractivity contribution < 1.29 is 4.79 Å². The van der Waals surface area contributed by atoms with Crippen molar-refractivity contribution in [1.82, 2.24) is 4.90 Å². The predicted molar refractivity (Wildman–Crippen MR) is 83.5 cm³/mol. The Bertz CT molecular complexity index is 507. The van der Waals surface area contributed by atoms with E-state index in [-0.39, 0.29) is 11.9 Å². The van der Waals surface area contributed by atoms with E-state index < -0.39 is 0 Å². The molecule has 0 bridgehead atoms. The van der Waals surface area contributed by atoms with Gasteiger partial charge in [-0.15, -0.1) is 0 Å². The van der Waals surface area contributed by atoms with E-state index in [1.165, 1.54) is 0 Å². The summed E-state index contributed by atoms with van der Waals surface area (Å²) in [6, 6.07) is 3.71. The summed E-state index contributed by atoms with van der Waals surface area (Å²) >= 11 is 12.3. The molecule has 1 aliphatic rings. The molecule has 1 aromatic rings. The number of aryl methyl sites for hydroxylation is 1. The molecule has 6 heteroatoms. The number of anilines is 1. The number of hydrogen-bond donors (Lipinski definition) is 2. The third-order valence-electron chi connectivity index (χ3n) is 3.46. The Morgan fingerprint density at radius 2 is 2.25 bits per heavy atom. The number of carbonyl (C=O) groups excluding carboxylic acids is 1. The van der Waals surface area contributed by atoms with Gasteiger partial charge < -0.3 is 11.1 Å². The van der Waals surface area contributed by atoms with Gasteiger partial charge in [0.15, 0.2) is 0 Å². The van der Waals surface area contributed by atoms with Gasteiger partial charge in [0.2, 0.25) is 5.91 Å². The highest BCUT2D eigenvalue weighted by atomic mass is 35.5. The zero-order valence-electron chi connectivity index (χ0n) is 11.5. The lowest BCUT2D eigenvalue weighted by molar-refractivity contribution is -0.117. The fraction of sp³-hybridized carbons (Fsp3) is 0.500. The smallest absolute Gasteiger partial charge is 0.238 e. The summed E-state index contributed by atoms with van der Waals surface area (Å²) in [4.78, 5) is 14.1. The van der Waals surface area contributed by atoms with Gasteiger partial charge >= 0.3 is 0 Å². The number of hydrogen-bond acceptors (Lipinski definition) is 3. The summed E-state index contributed by atoms with van der Waals surface area (Å²) in [5, 5.41) is 3.73. The molecule has 3 N–H and O–H groups in total. The second kappa shape index (κ2) is 6.76.